The Morgan fingerprint density at radius 3 is 2.62 bits per heavy atom. The van der Waals surface area contributed by atoms with Crippen molar-refractivity contribution in [2.24, 2.45) is 7.05 Å². The number of amides is 1. The number of rotatable bonds is 6. The first-order valence-electron chi connectivity index (χ1n) is 7.91. The van der Waals surface area contributed by atoms with Crippen LogP contribution in [-0.4, -0.2) is 36.1 Å². The van der Waals surface area contributed by atoms with Crippen molar-refractivity contribution in [3.63, 3.8) is 0 Å². The summed E-state index contributed by atoms with van der Waals surface area (Å²) in [5.74, 6) is 0.155. The number of carbonyl (C=O) groups excluding carboxylic acids is 1. The summed E-state index contributed by atoms with van der Waals surface area (Å²) in [7, 11) is 1.82. The van der Waals surface area contributed by atoms with Crippen LogP contribution in [0.2, 0.25) is 0 Å². The number of aryl methyl sites for hydroxylation is 1. The molecule has 1 aromatic carbocycles. The summed E-state index contributed by atoms with van der Waals surface area (Å²) < 4.78 is 14.9. The molecule has 1 atom stereocenters. The lowest BCUT2D eigenvalue weighted by Crippen LogP contribution is -2.25. The van der Waals surface area contributed by atoms with E-state index in [-0.39, 0.29) is 17.0 Å². The van der Waals surface area contributed by atoms with Crippen molar-refractivity contribution in [1.82, 2.24) is 25.0 Å². The smallest absolute Gasteiger partial charge is 0.239 e. The van der Waals surface area contributed by atoms with E-state index in [0.717, 1.165) is 10.6 Å². The van der Waals surface area contributed by atoms with E-state index in [4.69, 9.17) is 0 Å². The second-order valence-electron chi connectivity index (χ2n) is 5.50. The Kier molecular flexibility index (Phi) is 5.62. The highest BCUT2D eigenvalue weighted by atomic mass is 32.2. The number of benzene rings is 1. The minimum absolute atomic E-state index is 0.153. The molecule has 1 amide bonds. The third-order valence-electron chi connectivity index (χ3n) is 3.60. The van der Waals surface area contributed by atoms with Crippen molar-refractivity contribution in [3.8, 4) is 11.4 Å². The third-order valence-corrected chi connectivity index (χ3v) is 5.76. The number of thioether (sulfide) groups is 1. The predicted octanol–water partition coefficient (Wildman–Crippen LogP) is 3.29. The molecule has 7 nitrogen and oxygen atoms in total. The topological polar surface area (TPSA) is 85.6 Å². The summed E-state index contributed by atoms with van der Waals surface area (Å²) >= 11 is 2.66. The van der Waals surface area contributed by atoms with Crippen LogP contribution in [0, 0.1) is 12.7 Å². The van der Waals surface area contributed by atoms with E-state index in [1.165, 1.54) is 35.2 Å². The highest BCUT2D eigenvalue weighted by Crippen LogP contribution is 2.28. The molecular formula is C16H17FN6OS2. The maximum atomic E-state index is 13.1. The highest BCUT2D eigenvalue weighted by Gasteiger charge is 2.23. The minimum atomic E-state index is -0.344. The fourth-order valence-corrected chi connectivity index (χ4v) is 3.76. The van der Waals surface area contributed by atoms with Crippen LogP contribution in [0.1, 0.15) is 18.4 Å². The van der Waals surface area contributed by atoms with E-state index < -0.39 is 0 Å². The molecule has 0 aliphatic heterocycles. The van der Waals surface area contributed by atoms with E-state index >= 15 is 0 Å². The molecule has 0 bridgehead atoms. The predicted molar refractivity (Wildman–Crippen MR) is 99.6 cm³/mol. The monoisotopic (exact) mass is 392 g/mol. The second kappa shape index (κ2) is 7.92. The molecule has 0 unspecified atom stereocenters. The molecule has 26 heavy (non-hydrogen) atoms. The summed E-state index contributed by atoms with van der Waals surface area (Å²) in [6.45, 7) is 3.76. The molecule has 0 aliphatic rings. The lowest BCUT2D eigenvalue weighted by molar-refractivity contribution is -0.115. The lowest BCUT2D eigenvalue weighted by Gasteiger charge is -2.12. The largest absolute Gasteiger partial charge is 0.305 e. The van der Waals surface area contributed by atoms with Crippen LogP contribution in [0.15, 0.2) is 29.4 Å². The summed E-state index contributed by atoms with van der Waals surface area (Å²) in [5.41, 5.74) is 0.759. The number of nitrogens with one attached hydrogen (secondary N) is 1. The fraction of sp³-hybridized carbons (Fsp3) is 0.312. The molecule has 0 spiro atoms. The summed E-state index contributed by atoms with van der Waals surface area (Å²) in [6.07, 6.45) is 0.618. The molecule has 0 aliphatic carbocycles. The Balaban J connectivity index is 1.74. The highest BCUT2D eigenvalue weighted by molar-refractivity contribution is 8.00. The van der Waals surface area contributed by atoms with Gasteiger partial charge < -0.3 is 4.57 Å². The summed E-state index contributed by atoms with van der Waals surface area (Å²) in [6, 6.07) is 6.05. The van der Waals surface area contributed by atoms with Gasteiger partial charge >= 0.3 is 0 Å². The first kappa shape index (κ1) is 18.5. The lowest BCUT2D eigenvalue weighted by atomic mass is 10.2. The van der Waals surface area contributed by atoms with Crippen molar-refractivity contribution in [1.29, 1.82) is 0 Å². The number of anilines is 1. The second-order valence-corrected chi connectivity index (χ2v) is 7.85. The van der Waals surface area contributed by atoms with Gasteiger partial charge in [-0.05, 0) is 37.6 Å². The van der Waals surface area contributed by atoms with Crippen LogP contribution in [0.25, 0.3) is 11.4 Å². The average molecular weight is 392 g/mol. The minimum Gasteiger partial charge on any atom is -0.305 e. The SMILES string of the molecule is CC[C@@H](Sc1nnc(-c2ccc(F)cc2)n1C)C(=O)Nc1nnc(C)s1. The zero-order valence-corrected chi connectivity index (χ0v) is 16.1. The van der Waals surface area contributed by atoms with Gasteiger partial charge in [0.1, 0.15) is 10.8 Å². The van der Waals surface area contributed by atoms with Crippen LogP contribution >= 0.6 is 23.1 Å². The van der Waals surface area contributed by atoms with Crippen LogP contribution in [-0.2, 0) is 11.8 Å². The van der Waals surface area contributed by atoms with Crippen LogP contribution in [0.4, 0.5) is 9.52 Å². The van der Waals surface area contributed by atoms with E-state index in [0.29, 0.717) is 22.5 Å². The number of nitrogens with zero attached hydrogens (tertiary/aromatic N) is 5. The Morgan fingerprint density at radius 1 is 1.27 bits per heavy atom. The van der Waals surface area contributed by atoms with Crippen molar-refractivity contribution >= 4 is 34.1 Å². The standard InChI is InChI=1S/C16H17FN6OS2/c1-4-12(14(24)18-15-21-19-9(2)25-15)26-16-22-20-13(23(16)3)10-5-7-11(17)8-6-10/h5-8,12H,4H2,1-3H3,(H,18,21,24)/t12-/m1/s1. The molecule has 2 aromatic heterocycles. The molecule has 10 heteroatoms. The molecule has 3 aromatic rings. The van der Waals surface area contributed by atoms with E-state index in [2.05, 4.69) is 25.7 Å². The maximum absolute atomic E-state index is 13.1. The first-order chi connectivity index (χ1) is 12.5. The first-order valence-corrected chi connectivity index (χ1v) is 9.60. The quantitative estimate of drug-likeness (QED) is 0.648. The van der Waals surface area contributed by atoms with E-state index in [9.17, 15) is 9.18 Å². The Morgan fingerprint density at radius 2 is 2.00 bits per heavy atom. The van der Waals surface area contributed by atoms with Crippen molar-refractivity contribution < 1.29 is 9.18 Å². The molecule has 136 valence electrons. The van der Waals surface area contributed by atoms with Gasteiger partial charge in [-0.1, -0.05) is 30.0 Å². The molecular weight excluding hydrogens is 375 g/mol. The summed E-state index contributed by atoms with van der Waals surface area (Å²) in [4.78, 5) is 12.5. The molecule has 0 saturated heterocycles. The van der Waals surface area contributed by atoms with Gasteiger partial charge in [-0.15, -0.1) is 20.4 Å². The average Bonchev–Trinajstić information content (AvgIpc) is 3.19. The van der Waals surface area contributed by atoms with Gasteiger partial charge in [0.15, 0.2) is 11.0 Å². The maximum Gasteiger partial charge on any atom is 0.239 e. The van der Waals surface area contributed by atoms with Crippen LogP contribution in [0.5, 0.6) is 0 Å². The normalized spacial score (nSPS) is 12.2. The molecule has 1 N–H and O–H groups in total. The number of aromatic nitrogens is 5. The van der Waals surface area contributed by atoms with Gasteiger partial charge in [-0.25, -0.2) is 4.39 Å². The summed E-state index contributed by atoms with van der Waals surface area (Å²) in [5, 5.41) is 20.5. The van der Waals surface area contributed by atoms with Crippen LogP contribution in [0.3, 0.4) is 0 Å². The van der Waals surface area contributed by atoms with Gasteiger partial charge in [0.05, 0.1) is 5.25 Å². The Bertz CT molecular complexity index is 908. The van der Waals surface area contributed by atoms with Crippen molar-refractivity contribution in [3.05, 3.63) is 35.1 Å². The van der Waals surface area contributed by atoms with Gasteiger partial charge in [0.2, 0.25) is 11.0 Å². The van der Waals surface area contributed by atoms with Crippen LogP contribution < -0.4 is 5.32 Å². The fourth-order valence-electron chi connectivity index (χ4n) is 2.25. The van der Waals surface area contributed by atoms with E-state index in [1.54, 1.807) is 16.7 Å². The molecule has 0 fully saturated rings. The van der Waals surface area contributed by atoms with Gasteiger partial charge in [0.25, 0.3) is 0 Å². The van der Waals surface area contributed by atoms with E-state index in [1.807, 2.05) is 20.9 Å². The van der Waals surface area contributed by atoms with Gasteiger partial charge in [-0.3, -0.25) is 10.1 Å². The zero-order chi connectivity index (χ0) is 18.7. The van der Waals surface area contributed by atoms with Gasteiger partial charge in [-0.2, -0.15) is 0 Å². The molecule has 2 heterocycles. The molecule has 0 saturated carbocycles. The number of halogens is 1. The zero-order valence-electron chi connectivity index (χ0n) is 14.4. The van der Waals surface area contributed by atoms with Crippen molar-refractivity contribution in [2.45, 2.75) is 30.7 Å². The number of hydrogen-bond donors (Lipinski definition) is 1. The van der Waals surface area contributed by atoms with Crippen molar-refractivity contribution in [2.75, 3.05) is 5.32 Å². The molecule has 0 radical (unpaired) electrons. The third kappa shape index (κ3) is 4.07. The Hall–Kier alpha value is -2.33. The number of hydrogen-bond acceptors (Lipinski definition) is 7. The van der Waals surface area contributed by atoms with Gasteiger partial charge in [0, 0.05) is 12.6 Å². The molecule has 3 rings (SSSR count). The number of carbonyl (C=O) groups is 1. The Labute approximate surface area is 158 Å².